The third-order valence-corrected chi connectivity index (χ3v) is 6.24. The molecule has 1 aromatic heterocycles. The fourth-order valence-corrected chi connectivity index (χ4v) is 4.43. The molecule has 6 nitrogen and oxygen atoms in total. The molecule has 0 aliphatic carbocycles. The van der Waals surface area contributed by atoms with Gasteiger partial charge in [0, 0.05) is 57.6 Å². The van der Waals surface area contributed by atoms with Crippen LogP contribution in [0.3, 0.4) is 0 Å². The van der Waals surface area contributed by atoms with Crippen molar-refractivity contribution in [3.05, 3.63) is 108 Å². The predicted octanol–water partition coefficient (Wildman–Crippen LogP) is 3.93. The number of piperazine rings is 1. The highest BCUT2D eigenvalue weighted by atomic mass is 16.2. The maximum absolute atomic E-state index is 12.7. The Hall–Kier alpha value is -3.77. The van der Waals surface area contributed by atoms with E-state index in [9.17, 15) is 9.59 Å². The summed E-state index contributed by atoms with van der Waals surface area (Å²) in [6.07, 6.45) is 7.68. The van der Waals surface area contributed by atoms with Crippen molar-refractivity contribution in [3.63, 3.8) is 0 Å². The van der Waals surface area contributed by atoms with Crippen LogP contribution in [0, 0.1) is 0 Å². The minimum absolute atomic E-state index is 0.153. The Balaban J connectivity index is 1.22. The molecule has 2 aromatic carbocycles. The van der Waals surface area contributed by atoms with E-state index in [1.807, 2.05) is 29.2 Å². The number of carbonyl (C=O) groups excluding carboxylic acids is 2. The number of amides is 2. The van der Waals surface area contributed by atoms with E-state index in [1.54, 1.807) is 18.5 Å². The Morgan fingerprint density at radius 3 is 2.14 bits per heavy atom. The molecule has 2 heterocycles. The van der Waals surface area contributed by atoms with E-state index < -0.39 is 0 Å². The summed E-state index contributed by atoms with van der Waals surface area (Å²) in [6, 6.07) is 25.0. The summed E-state index contributed by atoms with van der Waals surface area (Å²) in [5.74, 6) is -0.0106. The first-order valence-corrected chi connectivity index (χ1v) is 12.2. The van der Waals surface area contributed by atoms with Gasteiger partial charge in [0.1, 0.15) is 0 Å². The number of rotatable bonds is 9. The highest BCUT2D eigenvalue weighted by Gasteiger charge is 2.27. The summed E-state index contributed by atoms with van der Waals surface area (Å²) >= 11 is 0. The van der Waals surface area contributed by atoms with Crippen LogP contribution in [0.4, 0.5) is 0 Å². The average Bonchev–Trinajstić information content (AvgIpc) is 2.92. The molecule has 0 saturated carbocycles. The molecule has 1 fully saturated rings. The Kier molecular flexibility index (Phi) is 8.79. The van der Waals surface area contributed by atoms with Gasteiger partial charge in [-0.3, -0.25) is 19.5 Å². The molecule has 35 heavy (non-hydrogen) atoms. The van der Waals surface area contributed by atoms with Crippen molar-refractivity contribution in [1.82, 2.24) is 20.1 Å². The Labute approximate surface area is 207 Å². The van der Waals surface area contributed by atoms with Gasteiger partial charge in [0.2, 0.25) is 11.8 Å². The topological polar surface area (TPSA) is 65.5 Å². The molecule has 0 unspecified atom stereocenters. The summed E-state index contributed by atoms with van der Waals surface area (Å²) in [5.41, 5.74) is 3.41. The number of benzene rings is 2. The molecule has 3 aromatic rings. The normalized spacial score (nSPS) is 14.4. The van der Waals surface area contributed by atoms with E-state index in [0.717, 1.165) is 31.7 Å². The molecule has 1 aliphatic rings. The number of nitrogens with one attached hydrogen (secondary N) is 1. The fraction of sp³-hybridized carbons (Fsp3) is 0.276. The number of pyridine rings is 1. The van der Waals surface area contributed by atoms with Gasteiger partial charge in [0.25, 0.3) is 0 Å². The molecule has 0 atom stereocenters. The van der Waals surface area contributed by atoms with E-state index in [2.05, 4.69) is 63.7 Å². The molecule has 2 amide bonds. The molecule has 0 spiro atoms. The molecule has 4 rings (SSSR count). The van der Waals surface area contributed by atoms with Crippen molar-refractivity contribution in [3.8, 4) is 0 Å². The van der Waals surface area contributed by atoms with Gasteiger partial charge in [-0.25, -0.2) is 0 Å². The van der Waals surface area contributed by atoms with E-state index >= 15 is 0 Å². The monoisotopic (exact) mass is 468 g/mol. The van der Waals surface area contributed by atoms with Crippen LogP contribution in [0.25, 0.3) is 6.08 Å². The average molecular weight is 469 g/mol. The maximum atomic E-state index is 12.7. The smallest absolute Gasteiger partial charge is 0.244 e. The quantitative estimate of drug-likeness (QED) is 0.382. The summed E-state index contributed by atoms with van der Waals surface area (Å²) < 4.78 is 0. The standard InChI is InChI=1S/C29H32N4O2/c34-27(16-15-24-9-7-17-30-23-24)31-18-8-14-28(35)32-19-21-33(22-20-32)29(25-10-3-1-4-11-25)26-12-5-2-6-13-26/h1-7,9-13,15-17,23,29H,8,14,18-22H2,(H,31,34). The maximum Gasteiger partial charge on any atom is 0.244 e. The third-order valence-electron chi connectivity index (χ3n) is 6.24. The lowest BCUT2D eigenvalue weighted by Crippen LogP contribution is -2.49. The van der Waals surface area contributed by atoms with Crippen molar-refractivity contribution >= 4 is 17.9 Å². The van der Waals surface area contributed by atoms with Crippen LogP contribution < -0.4 is 5.32 Å². The molecule has 0 bridgehead atoms. The lowest BCUT2D eigenvalue weighted by atomic mass is 9.96. The van der Waals surface area contributed by atoms with Gasteiger partial charge in [0.05, 0.1) is 6.04 Å². The second-order valence-corrected chi connectivity index (χ2v) is 8.65. The largest absolute Gasteiger partial charge is 0.353 e. The van der Waals surface area contributed by atoms with Gasteiger partial charge >= 0.3 is 0 Å². The molecule has 1 N–H and O–H groups in total. The number of nitrogens with zero attached hydrogens (tertiary/aromatic N) is 3. The van der Waals surface area contributed by atoms with Crippen molar-refractivity contribution in [1.29, 1.82) is 0 Å². The van der Waals surface area contributed by atoms with Gasteiger partial charge < -0.3 is 10.2 Å². The molecule has 1 aliphatic heterocycles. The SMILES string of the molecule is O=C(C=Cc1cccnc1)NCCCC(=O)N1CCN(C(c2ccccc2)c2ccccc2)CC1. The van der Waals surface area contributed by atoms with E-state index in [4.69, 9.17) is 0 Å². The Morgan fingerprint density at radius 1 is 0.886 bits per heavy atom. The van der Waals surface area contributed by atoms with Gasteiger partial charge in [-0.1, -0.05) is 66.7 Å². The van der Waals surface area contributed by atoms with E-state index in [-0.39, 0.29) is 17.9 Å². The first kappa shape index (κ1) is 24.4. The molecular formula is C29H32N4O2. The molecule has 0 radical (unpaired) electrons. The first-order valence-electron chi connectivity index (χ1n) is 12.2. The molecule has 1 saturated heterocycles. The van der Waals surface area contributed by atoms with E-state index in [0.29, 0.717) is 19.4 Å². The number of aromatic nitrogens is 1. The summed E-state index contributed by atoms with van der Waals surface area (Å²) in [7, 11) is 0. The van der Waals surface area contributed by atoms with Crippen molar-refractivity contribution < 1.29 is 9.59 Å². The number of carbonyl (C=O) groups is 2. The summed E-state index contributed by atoms with van der Waals surface area (Å²) in [5, 5.41) is 2.84. The number of hydrogen-bond acceptors (Lipinski definition) is 4. The zero-order valence-electron chi connectivity index (χ0n) is 19.9. The minimum atomic E-state index is -0.164. The second-order valence-electron chi connectivity index (χ2n) is 8.65. The van der Waals surface area contributed by atoms with Gasteiger partial charge in [-0.2, -0.15) is 0 Å². The van der Waals surface area contributed by atoms with Gasteiger partial charge in [-0.05, 0) is 35.3 Å². The van der Waals surface area contributed by atoms with Crippen LogP contribution in [-0.2, 0) is 9.59 Å². The Bertz CT molecular complexity index is 1060. The lowest BCUT2D eigenvalue weighted by Gasteiger charge is -2.40. The van der Waals surface area contributed by atoms with Crippen LogP contribution in [-0.4, -0.2) is 59.3 Å². The Morgan fingerprint density at radius 2 is 1.54 bits per heavy atom. The number of hydrogen-bond donors (Lipinski definition) is 1. The first-order chi connectivity index (χ1) is 17.2. The van der Waals surface area contributed by atoms with E-state index in [1.165, 1.54) is 17.2 Å². The zero-order chi connectivity index (χ0) is 24.3. The highest BCUT2D eigenvalue weighted by molar-refractivity contribution is 5.91. The van der Waals surface area contributed by atoms with Crippen molar-refractivity contribution in [2.75, 3.05) is 32.7 Å². The van der Waals surface area contributed by atoms with Gasteiger partial charge in [0.15, 0.2) is 0 Å². The van der Waals surface area contributed by atoms with Crippen LogP contribution in [0.1, 0.15) is 35.6 Å². The van der Waals surface area contributed by atoms with Crippen molar-refractivity contribution in [2.24, 2.45) is 0 Å². The highest BCUT2D eigenvalue weighted by Crippen LogP contribution is 2.29. The molecule has 6 heteroatoms. The van der Waals surface area contributed by atoms with Gasteiger partial charge in [-0.15, -0.1) is 0 Å². The third kappa shape index (κ3) is 7.11. The summed E-state index contributed by atoms with van der Waals surface area (Å²) in [4.78, 5) is 33.2. The lowest BCUT2D eigenvalue weighted by molar-refractivity contribution is -0.133. The van der Waals surface area contributed by atoms with Crippen LogP contribution in [0.5, 0.6) is 0 Å². The summed E-state index contributed by atoms with van der Waals surface area (Å²) in [6.45, 7) is 3.57. The van der Waals surface area contributed by atoms with Crippen molar-refractivity contribution in [2.45, 2.75) is 18.9 Å². The van der Waals surface area contributed by atoms with Crippen LogP contribution in [0.2, 0.25) is 0 Å². The van der Waals surface area contributed by atoms with Crippen LogP contribution in [0.15, 0.2) is 91.3 Å². The molecule has 180 valence electrons. The fourth-order valence-electron chi connectivity index (χ4n) is 4.43. The predicted molar refractivity (Wildman–Crippen MR) is 138 cm³/mol. The molecular weight excluding hydrogens is 436 g/mol. The minimum Gasteiger partial charge on any atom is -0.353 e. The van der Waals surface area contributed by atoms with Crippen LogP contribution >= 0.6 is 0 Å². The second kappa shape index (κ2) is 12.6. The zero-order valence-corrected chi connectivity index (χ0v) is 19.9.